The van der Waals surface area contributed by atoms with Gasteiger partial charge in [0.1, 0.15) is 0 Å². The molecule has 0 aromatic heterocycles. The first-order chi connectivity index (χ1) is 21.7. The van der Waals surface area contributed by atoms with Crippen molar-refractivity contribution >= 4 is 64.7 Å². The zero-order chi connectivity index (χ0) is 31.0. The van der Waals surface area contributed by atoms with E-state index < -0.39 is 15.8 Å². The van der Waals surface area contributed by atoms with Gasteiger partial charge in [0.25, 0.3) is 0 Å². The van der Waals surface area contributed by atoms with E-state index >= 15 is 0 Å². The molecule has 2 heterocycles. The van der Waals surface area contributed by atoms with Crippen LogP contribution >= 0.6 is 15.8 Å². The molecule has 0 fully saturated rings. The second kappa shape index (κ2) is 10.8. The summed E-state index contributed by atoms with van der Waals surface area (Å²) < 4.78 is 0. The number of fused-ring (bicyclic) bond motifs is 4. The summed E-state index contributed by atoms with van der Waals surface area (Å²) in [6, 6.07) is 44.7. The fourth-order valence-corrected chi connectivity index (χ4v) is 13.2. The highest BCUT2D eigenvalue weighted by molar-refractivity contribution is 7.82. The Hall–Kier alpha value is -4.02. The molecule has 0 saturated carbocycles. The fraction of sp³-hybridized carbons (Fsp3) is 0.143. The first-order valence-corrected chi connectivity index (χ1v) is 18.5. The topological polar surface area (TPSA) is 3.24 Å². The van der Waals surface area contributed by atoms with Crippen LogP contribution in [0.15, 0.2) is 115 Å². The minimum atomic E-state index is -0.796. The van der Waals surface area contributed by atoms with Crippen molar-refractivity contribution in [2.24, 2.45) is 0 Å². The lowest BCUT2D eigenvalue weighted by atomic mass is 10.0. The van der Waals surface area contributed by atoms with E-state index in [1.807, 2.05) is 0 Å². The van der Waals surface area contributed by atoms with Gasteiger partial charge in [-0.1, -0.05) is 112 Å². The van der Waals surface area contributed by atoms with Gasteiger partial charge >= 0.3 is 0 Å². The minimum Gasteiger partial charge on any atom is -0.308 e. The average molecular weight is 618 g/mol. The number of hydrogen-bond donors (Lipinski definition) is 0. The molecule has 0 saturated heterocycles. The summed E-state index contributed by atoms with van der Waals surface area (Å²) in [4.78, 5) is 2.62. The fourth-order valence-electron chi connectivity index (χ4n) is 7.32. The molecule has 0 N–H and O–H groups in total. The molecule has 2 atom stereocenters. The van der Waals surface area contributed by atoms with Crippen LogP contribution in [0, 0.1) is 41.5 Å². The van der Waals surface area contributed by atoms with Gasteiger partial charge in [-0.3, -0.25) is 0 Å². The van der Waals surface area contributed by atoms with Crippen molar-refractivity contribution in [3.05, 3.63) is 149 Å². The van der Waals surface area contributed by atoms with Crippen LogP contribution in [0.25, 0.3) is 11.1 Å². The molecule has 0 radical (unpaired) electrons. The largest absolute Gasteiger partial charge is 0.308 e. The predicted molar refractivity (Wildman–Crippen MR) is 200 cm³/mol. The quantitative estimate of drug-likeness (QED) is 0.179. The lowest BCUT2D eigenvalue weighted by molar-refractivity contribution is 1.30. The zero-order valence-corrected chi connectivity index (χ0v) is 28.6. The third-order valence-electron chi connectivity index (χ3n) is 9.04. The summed E-state index contributed by atoms with van der Waals surface area (Å²) in [6.45, 7) is 13.5. The Bertz CT molecular complexity index is 1980. The first kappa shape index (κ1) is 28.5. The predicted octanol–water partition coefficient (Wildman–Crippen LogP) is 8.82. The van der Waals surface area contributed by atoms with Crippen molar-refractivity contribution in [1.82, 2.24) is 0 Å². The molecule has 3 heteroatoms. The summed E-state index contributed by atoms with van der Waals surface area (Å²) in [5.41, 5.74) is 14.6. The lowest BCUT2D eigenvalue weighted by Gasteiger charge is -2.45. The van der Waals surface area contributed by atoms with Crippen LogP contribution in [0.3, 0.4) is 0 Å². The maximum Gasteiger partial charge on any atom is 0.0629 e. The minimum absolute atomic E-state index is 0.796. The van der Waals surface area contributed by atoms with Crippen LogP contribution in [-0.4, -0.2) is 0 Å². The molecule has 220 valence electrons. The van der Waals surface area contributed by atoms with Gasteiger partial charge in [0.2, 0.25) is 0 Å². The molecule has 0 amide bonds. The third-order valence-corrected chi connectivity index (χ3v) is 13.9. The smallest absolute Gasteiger partial charge is 0.0629 e. The molecule has 1 nitrogen and oxygen atoms in total. The Balaban J connectivity index is 1.53. The molecule has 45 heavy (non-hydrogen) atoms. The Kier molecular flexibility index (Phi) is 6.83. The van der Waals surface area contributed by atoms with Crippen LogP contribution in [0.4, 0.5) is 17.1 Å². The van der Waals surface area contributed by atoms with E-state index in [1.54, 1.807) is 0 Å². The zero-order valence-electron chi connectivity index (χ0n) is 26.8. The number of anilines is 3. The highest BCUT2D eigenvalue weighted by Crippen LogP contribution is 2.55. The summed E-state index contributed by atoms with van der Waals surface area (Å²) in [5.74, 6) is 0. The Morgan fingerprint density at radius 3 is 1.27 bits per heavy atom. The standard InChI is InChI=1S/C42H37NP2/c1-26-12-14-36-38(22-26)44(34-18-28(3)16-29(4)19-34)40-24-33(32-10-8-7-9-11-32)25-41-42(40)43(36)37-15-13-27(2)23-39(37)45(41)35-20-30(5)17-31(6)21-35/h7-25H,1-6H3. The van der Waals surface area contributed by atoms with Crippen LogP contribution in [0.2, 0.25) is 0 Å². The molecular weight excluding hydrogens is 580 g/mol. The summed E-state index contributed by atoms with van der Waals surface area (Å²) in [6.07, 6.45) is 0. The third kappa shape index (κ3) is 4.77. The van der Waals surface area contributed by atoms with Crippen molar-refractivity contribution in [2.75, 3.05) is 4.90 Å². The lowest BCUT2D eigenvalue weighted by Crippen LogP contribution is -2.43. The summed E-state index contributed by atoms with van der Waals surface area (Å²) in [5, 5.41) is 8.70. The summed E-state index contributed by atoms with van der Waals surface area (Å²) in [7, 11) is -1.59. The van der Waals surface area contributed by atoms with E-state index in [2.05, 4.69) is 162 Å². The highest BCUT2D eigenvalue weighted by Gasteiger charge is 2.41. The number of hydrogen-bond acceptors (Lipinski definition) is 1. The Labute approximate surface area is 270 Å². The van der Waals surface area contributed by atoms with Gasteiger partial charge in [-0.05, 0) is 116 Å². The van der Waals surface area contributed by atoms with Crippen LogP contribution in [0.1, 0.15) is 33.4 Å². The Morgan fingerprint density at radius 2 is 0.822 bits per heavy atom. The molecule has 8 rings (SSSR count). The molecular formula is C42H37NP2. The maximum absolute atomic E-state index is 2.62. The first-order valence-electron chi connectivity index (χ1n) is 15.8. The van der Waals surface area contributed by atoms with E-state index in [4.69, 9.17) is 0 Å². The van der Waals surface area contributed by atoms with Crippen molar-refractivity contribution < 1.29 is 0 Å². The second-order valence-electron chi connectivity index (χ2n) is 12.9. The molecule has 6 aromatic rings. The van der Waals surface area contributed by atoms with Crippen molar-refractivity contribution in [3.63, 3.8) is 0 Å². The molecule has 2 aliphatic heterocycles. The van der Waals surface area contributed by atoms with E-state index in [1.165, 1.54) is 93.4 Å². The molecule has 2 aliphatic rings. The molecule has 0 spiro atoms. The highest BCUT2D eigenvalue weighted by atomic mass is 31.1. The van der Waals surface area contributed by atoms with Crippen molar-refractivity contribution in [1.29, 1.82) is 0 Å². The SMILES string of the molecule is Cc1cc(C)cc(P2c3cc(C)ccc3N3c4ccc(C)cc4P(c4cc(C)cc(C)c4)c4cc(-c5ccccc5)cc2c43)c1. The van der Waals surface area contributed by atoms with Gasteiger partial charge in [0, 0.05) is 21.2 Å². The molecule has 0 bridgehead atoms. The molecule has 6 aromatic carbocycles. The van der Waals surface area contributed by atoms with Gasteiger partial charge in [-0.15, -0.1) is 0 Å². The van der Waals surface area contributed by atoms with Crippen molar-refractivity contribution in [3.8, 4) is 11.1 Å². The van der Waals surface area contributed by atoms with Crippen LogP contribution in [-0.2, 0) is 0 Å². The van der Waals surface area contributed by atoms with E-state index in [0.29, 0.717) is 0 Å². The number of benzene rings is 6. The van der Waals surface area contributed by atoms with E-state index in [9.17, 15) is 0 Å². The second-order valence-corrected chi connectivity index (χ2v) is 17.2. The summed E-state index contributed by atoms with van der Waals surface area (Å²) >= 11 is 0. The van der Waals surface area contributed by atoms with Crippen LogP contribution < -0.4 is 36.7 Å². The molecule has 2 unspecified atom stereocenters. The van der Waals surface area contributed by atoms with Crippen molar-refractivity contribution in [2.45, 2.75) is 41.5 Å². The monoisotopic (exact) mass is 617 g/mol. The van der Waals surface area contributed by atoms with Gasteiger partial charge in [0.05, 0.1) is 17.1 Å². The molecule has 0 aliphatic carbocycles. The number of nitrogens with zero attached hydrogens (tertiary/aromatic N) is 1. The van der Waals surface area contributed by atoms with E-state index in [0.717, 1.165) is 0 Å². The van der Waals surface area contributed by atoms with Gasteiger partial charge in [0.15, 0.2) is 0 Å². The normalized spacial score (nSPS) is 16.2. The average Bonchev–Trinajstić information content (AvgIpc) is 3.00. The van der Waals surface area contributed by atoms with Crippen LogP contribution in [0.5, 0.6) is 0 Å². The van der Waals surface area contributed by atoms with E-state index in [-0.39, 0.29) is 0 Å². The number of rotatable bonds is 3. The maximum atomic E-state index is 2.62. The number of aryl methyl sites for hydroxylation is 6. The van der Waals surface area contributed by atoms with Gasteiger partial charge in [-0.2, -0.15) is 0 Å². The Morgan fingerprint density at radius 1 is 0.378 bits per heavy atom. The van der Waals surface area contributed by atoms with Gasteiger partial charge < -0.3 is 4.90 Å². The van der Waals surface area contributed by atoms with Gasteiger partial charge in [-0.25, -0.2) is 0 Å².